The summed E-state index contributed by atoms with van der Waals surface area (Å²) in [5.41, 5.74) is 7.03. The zero-order valence-electron chi connectivity index (χ0n) is 56.7. The lowest BCUT2D eigenvalue weighted by atomic mass is 9.89. The summed E-state index contributed by atoms with van der Waals surface area (Å²) in [6.45, 7) is 17.1. The normalized spacial score (nSPS) is 20.0. The Morgan fingerprint density at radius 1 is 0.763 bits per heavy atom. The highest BCUT2D eigenvalue weighted by molar-refractivity contribution is 6.02. The lowest BCUT2D eigenvalue weighted by molar-refractivity contribution is -0.173. The first-order valence-corrected chi connectivity index (χ1v) is 32.8. The number of carbonyl (C=O) groups is 11. The number of likely N-dealkylation sites (tertiary alicyclic amines) is 2. The molecule has 12 atom stereocenters. The third kappa shape index (κ3) is 21.4. The van der Waals surface area contributed by atoms with Crippen LogP contribution in [-0.2, 0) is 68.7 Å². The van der Waals surface area contributed by atoms with E-state index in [-0.39, 0.29) is 99.1 Å². The van der Waals surface area contributed by atoms with E-state index in [1.807, 2.05) is 51.1 Å². The first kappa shape index (κ1) is 76.0. The van der Waals surface area contributed by atoms with Crippen molar-refractivity contribution in [1.29, 1.82) is 0 Å². The second-order valence-electron chi connectivity index (χ2n) is 25.8. The molecule has 1 unspecified atom stereocenters. The first-order valence-electron chi connectivity index (χ1n) is 32.8. The third-order valence-electron chi connectivity index (χ3n) is 17.9. The van der Waals surface area contributed by atoms with E-state index in [4.69, 9.17) is 24.7 Å². The van der Waals surface area contributed by atoms with Crippen molar-refractivity contribution in [2.24, 2.45) is 29.4 Å². The van der Waals surface area contributed by atoms with Crippen LogP contribution in [0.5, 0.6) is 0 Å². The SMILES string of the molecule is CC[C@H](C)[C@@H]([C@@H](CC(=O)N1CCC[C@H]1[C@H](OC)[C@H]1O[C@@H](c2ccccc2)[C@@H](C)NC1=O)OC)N(C)C(=O)[C@H](NC(=O)[C@H](C(C)C)N(C)C(=O)OCc1ccc(NC(=O)[C@H](CCCNC(N)=O)NC(=O)C(NC(=O)CCCCCN2C(=O)CCC2=O)C(C)C)cc1)C(C)C. The summed E-state index contributed by atoms with van der Waals surface area (Å²) in [6.07, 6.45) is 0.464. The van der Waals surface area contributed by atoms with Crippen molar-refractivity contribution in [3.05, 3.63) is 65.7 Å². The quantitative estimate of drug-likeness (QED) is 0.0350. The number of primary amides is 1. The van der Waals surface area contributed by atoms with Crippen LogP contribution in [0.25, 0.3) is 0 Å². The van der Waals surface area contributed by atoms with E-state index >= 15 is 0 Å². The molecule has 3 aliphatic heterocycles. The molecule has 93 heavy (non-hydrogen) atoms. The van der Waals surface area contributed by atoms with Gasteiger partial charge < -0.3 is 66.4 Å². The molecule has 8 N–H and O–H groups in total. The third-order valence-corrected chi connectivity index (χ3v) is 17.9. The lowest BCUT2D eigenvalue weighted by Crippen LogP contribution is -2.61. The van der Waals surface area contributed by atoms with E-state index in [0.717, 1.165) is 5.56 Å². The summed E-state index contributed by atoms with van der Waals surface area (Å²) in [4.78, 5) is 153. The number of benzene rings is 2. The van der Waals surface area contributed by atoms with Crippen LogP contribution in [0, 0.1) is 23.7 Å². The Kier molecular flexibility index (Phi) is 30.0. The summed E-state index contributed by atoms with van der Waals surface area (Å²) in [5.74, 6) is -4.89. The monoisotopic (exact) mass is 1300 g/mol. The second-order valence-corrected chi connectivity index (χ2v) is 25.8. The van der Waals surface area contributed by atoms with E-state index in [2.05, 4.69) is 31.9 Å². The van der Waals surface area contributed by atoms with Crippen molar-refractivity contribution < 1.29 is 71.7 Å². The highest BCUT2D eigenvalue weighted by Gasteiger charge is 2.48. The number of hydrogen-bond donors (Lipinski definition) is 7. The van der Waals surface area contributed by atoms with Gasteiger partial charge in [0.15, 0.2) is 6.10 Å². The van der Waals surface area contributed by atoms with Crippen LogP contribution < -0.4 is 37.6 Å². The minimum Gasteiger partial charge on any atom is -0.445 e. The smallest absolute Gasteiger partial charge is 0.410 e. The number of rotatable bonds is 35. The number of unbranched alkanes of at least 4 members (excludes halogenated alkanes) is 2. The van der Waals surface area contributed by atoms with Crippen molar-refractivity contribution in [3.8, 4) is 0 Å². The van der Waals surface area contributed by atoms with Crippen molar-refractivity contribution in [1.82, 2.24) is 46.2 Å². The zero-order chi connectivity index (χ0) is 68.8. The van der Waals surface area contributed by atoms with Gasteiger partial charge in [0, 0.05) is 72.9 Å². The summed E-state index contributed by atoms with van der Waals surface area (Å²) >= 11 is 0. The Morgan fingerprint density at radius 2 is 1.42 bits per heavy atom. The van der Waals surface area contributed by atoms with Crippen LogP contribution in [-0.4, -0.2) is 193 Å². The summed E-state index contributed by atoms with van der Waals surface area (Å²) in [6, 6.07) is 9.64. The van der Waals surface area contributed by atoms with Gasteiger partial charge in [0.1, 0.15) is 43.0 Å². The van der Waals surface area contributed by atoms with Crippen LogP contribution >= 0.6 is 0 Å². The van der Waals surface area contributed by atoms with Gasteiger partial charge in [-0.15, -0.1) is 0 Å². The minimum absolute atomic E-state index is 0.0908. The number of likely N-dealkylation sites (N-methyl/N-ethyl adjacent to an activating group) is 2. The van der Waals surface area contributed by atoms with Crippen molar-refractivity contribution in [2.45, 2.75) is 213 Å². The van der Waals surface area contributed by atoms with E-state index in [1.165, 1.54) is 31.1 Å². The van der Waals surface area contributed by atoms with Crippen LogP contribution in [0.1, 0.15) is 157 Å². The van der Waals surface area contributed by atoms with Gasteiger partial charge in [-0.2, -0.15) is 0 Å². The second kappa shape index (κ2) is 36.7. The number of nitrogens with one attached hydrogen (secondary N) is 6. The molecule has 0 bridgehead atoms. The maximum absolute atomic E-state index is 14.8. The molecule has 0 radical (unpaired) electrons. The molecular weight excluding hydrogens is 1200 g/mol. The number of carbonyl (C=O) groups excluding carboxylic acids is 11. The number of methoxy groups -OCH3 is 2. The number of morpholine rings is 1. The highest BCUT2D eigenvalue weighted by atomic mass is 16.6. The lowest BCUT2D eigenvalue weighted by Gasteiger charge is -2.42. The molecular formula is C67H103N11O15. The molecule has 26 nitrogen and oxygen atoms in total. The number of nitrogens with zero attached hydrogens (tertiary/aromatic N) is 4. The summed E-state index contributed by atoms with van der Waals surface area (Å²) in [5, 5.41) is 16.8. The summed E-state index contributed by atoms with van der Waals surface area (Å²) < 4.78 is 24.3. The molecule has 0 spiro atoms. The van der Waals surface area contributed by atoms with Gasteiger partial charge in [0.2, 0.25) is 47.3 Å². The largest absolute Gasteiger partial charge is 0.445 e. The van der Waals surface area contributed by atoms with E-state index < -0.39 is 108 Å². The molecule has 3 fully saturated rings. The van der Waals surface area contributed by atoms with Gasteiger partial charge in [-0.25, -0.2) is 9.59 Å². The predicted molar refractivity (Wildman–Crippen MR) is 347 cm³/mol. The maximum Gasteiger partial charge on any atom is 0.410 e. The zero-order valence-corrected chi connectivity index (χ0v) is 56.7. The number of urea groups is 1. The fraction of sp³-hybridized carbons (Fsp3) is 0.657. The Morgan fingerprint density at radius 3 is 2.01 bits per heavy atom. The van der Waals surface area contributed by atoms with Gasteiger partial charge in [-0.05, 0) is 92.4 Å². The molecule has 12 amide bonds. The molecule has 2 aromatic rings. The summed E-state index contributed by atoms with van der Waals surface area (Å²) in [7, 11) is 6.10. The van der Waals surface area contributed by atoms with Gasteiger partial charge in [0.25, 0.3) is 5.91 Å². The average molecular weight is 1300 g/mol. The van der Waals surface area contributed by atoms with Gasteiger partial charge in [-0.3, -0.25) is 53.0 Å². The molecule has 5 rings (SSSR count). The molecule has 3 aliphatic rings. The molecule has 0 saturated carbocycles. The van der Waals surface area contributed by atoms with Crippen LogP contribution in [0.4, 0.5) is 15.3 Å². The number of ether oxygens (including phenoxy) is 4. The minimum atomic E-state index is -1.11. The van der Waals surface area contributed by atoms with Gasteiger partial charge >= 0.3 is 12.1 Å². The Bertz CT molecular complexity index is 2840. The fourth-order valence-corrected chi connectivity index (χ4v) is 12.5. The molecule has 0 aromatic heterocycles. The first-order chi connectivity index (χ1) is 44.1. The number of imide groups is 1. The number of amides is 12. The molecule has 3 heterocycles. The molecule has 2 aromatic carbocycles. The molecule has 3 saturated heterocycles. The van der Waals surface area contributed by atoms with Gasteiger partial charge in [0.05, 0.1) is 30.7 Å². The highest BCUT2D eigenvalue weighted by Crippen LogP contribution is 2.34. The van der Waals surface area contributed by atoms with Crippen molar-refractivity contribution in [3.63, 3.8) is 0 Å². The maximum atomic E-state index is 14.8. The standard InChI is InChI=1S/C67H103N11O15/c1-14-42(8)57(49(90-12)37-53(82)77-36-22-26-48(77)59(91-13)60-64(86)70-43(9)58(93-60)45-23-17-15-18-24-45)75(10)65(87)55(40(4)5)74-63(85)56(41(6)7)76(11)67(89)92-38-44-28-30-46(31-29-44)71-61(83)47(25-21-34-69-66(68)88)72-62(84)54(39(2)3)73-50(79)27-19-16-20-35-78-51(80)32-33-52(78)81/h15,17-18,23-24,28-31,39-43,47-49,54-60H,14,16,19-22,25-27,32-38H2,1-13H3,(H,70,86)(H,71,83)(H,72,84)(H,73,79)(H,74,85)(H3,68,69,88)/t42-,43+,47-,48-,49+,54?,55+,56-,57-,58+,59-,60+/m0/s1. The molecule has 516 valence electrons. The van der Waals surface area contributed by atoms with Crippen LogP contribution in [0.2, 0.25) is 0 Å². The number of nitrogens with two attached hydrogens (primary N) is 1. The van der Waals surface area contributed by atoms with Gasteiger partial charge in [-0.1, -0.05) is 111 Å². The Hall–Kier alpha value is -7.71. The molecule has 0 aliphatic carbocycles. The Labute approximate surface area is 547 Å². The Balaban J connectivity index is 1.18. The fourth-order valence-electron chi connectivity index (χ4n) is 12.5. The van der Waals surface area contributed by atoms with Crippen molar-refractivity contribution >= 4 is 71.0 Å². The number of hydrogen-bond acceptors (Lipinski definition) is 15. The topological polar surface area (TPSA) is 336 Å². The van der Waals surface area contributed by atoms with E-state index in [9.17, 15) is 52.7 Å². The van der Waals surface area contributed by atoms with E-state index in [0.29, 0.717) is 62.9 Å². The van der Waals surface area contributed by atoms with E-state index in [1.54, 1.807) is 82.7 Å². The van der Waals surface area contributed by atoms with Crippen LogP contribution in [0.3, 0.4) is 0 Å². The number of anilines is 1. The molecule has 26 heteroatoms. The van der Waals surface area contributed by atoms with Crippen LogP contribution in [0.15, 0.2) is 54.6 Å². The predicted octanol–water partition coefficient (Wildman–Crippen LogP) is 5.07. The van der Waals surface area contributed by atoms with Crippen molar-refractivity contribution in [2.75, 3.05) is 53.3 Å². The average Bonchev–Trinajstić information content (AvgIpc) is 1.77.